The predicted octanol–water partition coefficient (Wildman–Crippen LogP) is 14.8. The SMILES string of the molecule is CC1CC1.CC1CCCC(C)CCC1.CC1CCCCC(C2CCC(C)CCC(C)C2)CC1.CC1CCCCCCC1. The highest BCUT2D eigenvalue weighted by Crippen LogP contribution is 2.39. The van der Waals surface area contributed by atoms with Crippen LogP contribution in [0.25, 0.3) is 0 Å². The van der Waals surface area contributed by atoms with Crippen molar-refractivity contribution in [2.24, 2.45) is 53.3 Å². The van der Waals surface area contributed by atoms with Crippen molar-refractivity contribution in [2.45, 2.75) is 215 Å². The van der Waals surface area contributed by atoms with Gasteiger partial charge in [0.15, 0.2) is 0 Å². The lowest BCUT2D eigenvalue weighted by Gasteiger charge is -2.34. The summed E-state index contributed by atoms with van der Waals surface area (Å²) in [6.45, 7) is 16.9. The average molecular weight is 587 g/mol. The molecule has 5 aliphatic carbocycles. The molecule has 0 radical (unpaired) electrons. The molecule has 5 fully saturated rings. The minimum absolute atomic E-state index is 0.982. The fraction of sp³-hybridized carbons (Fsp3) is 1.00. The van der Waals surface area contributed by atoms with Crippen LogP contribution in [0.1, 0.15) is 215 Å². The first-order valence-electron chi connectivity index (χ1n) is 20.2. The van der Waals surface area contributed by atoms with E-state index in [1.807, 2.05) is 0 Å². The van der Waals surface area contributed by atoms with Gasteiger partial charge in [0.05, 0.1) is 0 Å². The van der Waals surface area contributed by atoms with Gasteiger partial charge in [-0.1, -0.05) is 196 Å². The van der Waals surface area contributed by atoms with Crippen LogP contribution in [-0.2, 0) is 0 Å². The third-order valence-corrected chi connectivity index (χ3v) is 12.2. The molecule has 0 nitrogen and oxygen atoms in total. The molecule has 0 heterocycles. The molecule has 5 saturated carbocycles. The first-order valence-corrected chi connectivity index (χ1v) is 20.2. The van der Waals surface area contributed by atoms with Crippen LogP contribution in [-0.4, -0.2) is 0 Å². The number of rotatable bonds is 1. The second-order valence-corrected chi connectivity index (χ2v) is 17.3. The van der Waals surface area contributed by atoms with Crippen LogP contribution in [0.15, 0.2) is 0 Å². The van der Waals surface area contributed by atoms with E-state index in [9.17, 15) is 0 Å². The molecular weight excluding hydrogens is 504 g/mol. The van der Waals surface area contributed by atoms with Crippen molar-refractivity contribution < 1.29 is 0 Å². The van der Waals surface area contributed by atoms with Gasteiger partial charge in [0.25, 0.3) is 0 Å². The molecule has 0 aromatic carbocycles. The third kappa shape index (κ3) is 20.1. The maximum absolute atomic E-state index is 2.51. The van der Waals surface area contributed by atoms with Crippen molar-refractivity contribution in [2.75, 3.05) is 0 Å². The molecule has 0 N–H and O–H groups in total. The van der Waals surface area contributed by atoms with Crippen LogP contribution in [0.5, 0.6) is 0 Å². The van der Waals surface area contributed by atoms with E-state index in [4.69, 9.17) is 0 Å². The van der Waals surface area contributed by atoms with Gasteiger partial charge in [-0.25, -0.2) is 0 Å². The van der Waals surface area contributed by atoms with Crippen LogP contribution in [0, 0.1) is 53.3 Å². The Morgan fingerprint density at radius 2 is 0.500 bits per heavy atom. The molecule has 5 atom stereocenters. The second kappa shape index (κ2) is 23.4. The Bertz CT molecular complexity index is 575. The fourth-order valence-corrected chi connectivity index (χ4v) is 8.30. The summed E-state index contributed by atoms with van der Waals surface area (Å²) in [6, 6.07) is 0. The highest BCUT2D eigenvalue weighted by molar-refractivity contribution is 4.78. The zero-order chi connectivity index (χ0) is 30.6. The highest BCUT2D eigenvalue weighted by Gasteiger charge is 2.27. The largest absolute Gasteiger partial charge is 0.0625 e. The molecule has 250 valence electrons. The van der Waals surface area contributed by atoms with E-state index in [-0.39, 0.29) is 0 Å². The van der Waals surface area contributed by atoms with Crippen molar-refractivity contribution in [1.82, 2.24) is 0 Å². The van der Waals surface area contributed by atoms with E-state index in [2.05, 4.69) is 48.5 Å². The lowest BCUT2D eigenvalue weighted by atomic mass is 9.71. The first-order chi connectivity index (χ1) is 20.2. The van der Waals surface area contributed by atoms with Gasteiger partial charge in [0.2, 0.25) is 0 Å². The van der Waals surface area contributed by atoms with Gasteiger partial charge in [-0.3, -0.25) is 0 Å². The molecule has 5 rings (SSSR count). The van der Waals surface area contributed by atoms with Crippen molar-refractivity contribution in [3.8, 4) is 0 Å². The topological polar surface area (TPSA) is 0 Å². The van der Waals surface area contributed by atoms with E-state index in [0.29, 0.717) is 0 Å². The Balaban J connectivity index is 0.000000224. The zero-order valence-electron chi connectivity index (χ0n) is 30.6. The molecule has 0 aliphatic heterocycles. The van der Waals surface area contributed by atoms with Crippen molar-refractivity contribution in [1.29, 1.82) is 0 Å². The molecule has 0 aromatic rings. The maximum atomic E-state index is 2.51. The molecule has 42 heavy (non-hydrogen) atoms. The Morgan fingerprint density at radius 1 is 0.214 bits per heavy atom. The van der Waals surface area contributed by atoms with Gasteiger partial charge >= 0.3 is 0 Å². The van der Waals surface area contributed by atoms with Gasteiger partial charge in [-0.15, -0.1) is 0 Å². The minimum Gasteiger partial charge on any atom is -0.0625 e. The predicted molar refractivity (Wildman–Crippen MR) is 191 cm³/mol. The lowest BCUT2D eigenvalue weighted by Crippen LogP contribution is -2.22. The summed E-state index contributed by atoms with van der Waals surface area (Å²) in [5.41, 5.74) is 0. The van der Waals surface area contributed by atoms with Crippen LogP contribution in [0.3, 0.4) is 0 Å². The Hall–Kier alpha value is 0. The first kappa shape index (κ1) is 38.2. The van der Waals surface area contributed by atoms with Crippen LogP contribution < -0.4 is 0 Å². The van der Waals surface area contributed by atoms with E-state index < -0.39 is 0 Å². The Labute approximate surface area is 268 Å². The van der Waals surface area contributed by atoms with Gasteiger partial charge in [0, 0.05) is 0 Å². The molecule has 0 bridgehead atoms. The summed E-state index contributed by atoms with van der Waals surface area (Å²) >= 11 is 0. The lowest BCUT2D eigenvalue weighted by molar-refractivity contribution is 0.172. The summed E-state index contributed by atoms with van der Waals surface area (Å²) in [5.74, 6) is 9.20. The molecular formula is C42H82. The Kier molecular flexibility index (Phi) is 21.2. The third-order valence-electron chi connectivity index (χ3n) is 12.2. The van der Waals surface area contributed by atoms with Crippen molar-refractivity contribution in [3.05, 3.63) is 0 Å². The quantitative estimate of drug-likeness (QED) is 0.287. The van der Waals surface area contributed by atoms with E-state index in [1.54, 1.807) is 6.42 Å². The average Bonchev–Trinajstić information content (AvgIpc) is 3.71. The summed E-state index contributed by atoms with van der Waals surface area (Å²) in [4.78, 5) is 0. The van der Waals surface area contributed by atoms with Crippen molar-refractivity contribution >= 4 is 0 Å². The molecule has 0 saturated heterocycles. The van der Waals surface area contributed by atoms with E-state index in [0.717, 1.165) is 53.3 Å². The van der Waals surface area contributed by atoms with Gasteiger partial charge in [-0.05, 0) is 72.5 Å². The number of hydrogen-bond acceptors (Lipinski definition) is 0. The number of hydrogen-bond donors (Lipinski definition) is 0. The van der Waals surface area contributed by atoms with Crippen LogP contribution in [0.4, 0.5) is 0 Å². The zero-order valence-corrected chi connectivity index (χ0v) is 30.6. The van der Waals surface area contributed by atoms with Gasteiger partial charge < -0.3 is 0 Å². The second-order valence-electron chi connectivity index (χ2n) is 17.3. The summed E-state index contributed by atoms with van der Waals surface area (Å²) in [7, 11) is 0. The van der Waals surface area contributed by atoms with E-state index in [1.165, 1.54) is 161 Å². The van der Waals surface area contributed by atoms with Crippen LogP contribution in [0.2, 0.25) is 0 Å². The van der Waals surface area contributed by atoms with Crippen LogP contribution >= 0.6 is 0 Å². The standard InChI is InChI=1S/C19H36.C10H20.C9H18.C4H8/c1-15-6-4-5-7-18(12-10-15)19-13-11-16(2)8-9-17(3)14-19;1-9-5-3-7-10(2)8-4-6-9;1-9-7-5-3-2-4-6-8-9;1-4-2-3-4/h15-19H,4-14H2,1-3H3;9-10H,3-8H2,1-2H3;9H,2-8H2,1H3;4H,2-3H2,1H3. The molecule has 0 aromatic heterocycles. The monoisotopic (exact) mass is 587 g/mol. The highest BCUT2D eigenvalue weighted by atomic mass is 14.3. The van der Waals surface area contributed by atoms with Crippen molar-refractivity contribution in [3.63, 3.8) is 0 Å². The molecule has 0 heteroatoms. The molecule has 5 aliphatic rings. The summed E-state index contributed by atoms with van der Waals surface area (Å²) < 4.78 is 0. The Morgan fingerprint density at radius 3 is 1.00 bits per heavy atom. The maximum Gasteiger partial charge on any atom is -0.0383 e. The molecule has 0 spiro atoms. The fourth-order valence-electron chi connectivity index (χ4n) is 8.30. The normalized spacial score (nSPS) is 35.9. The smallest absolute Gasteiger partial charge is 0.0383 e. The summed E-state index contributed by atoms with van der Waals surface area (Å²) in [6.07, 6.45) is 38.9. The molecule has 0 amide bonds. The van der Waals surface area contributed by atoms with Gasteiger partial charge in [-0.2, -0.15) is 0 Å². The van der Waals surface area contributed by atoms with Gasteiger partial charge in [0.1, 0.15) is 0 Å². The summed E-state index contributed by atoms with van der Waals surface area (Å²) in [5, 5.41) is 0. The van der Waals surface area contributed by atoms with E-state index >= 15 is 0 Å². The molecule has 5 unspecified atom stereocenters. The minimum atomic E-state index is 0.982.